The van der Waals surface area contributed by atoms with Crippen molar-refractivity contribution >= 4 is 29.4 Å². The van der Waals surface area contributed by atoms with Crippen LogP contribution in [-0.4, -0.2) is 48.7 Å². The lowest BCUT2D eigenvalue weighted by atomic mass is 10.1. The van der Waals surface area contributed by atoms with Gasteiger partial charge in [-0.15, -0.1) is 0 Å². The van der Waals surface area contributed by atoms with Crippen molar-refractivity contribution in [1.82, 2.24) is 5.32 Å². The standard InChI is InChI=1S/C15H23NO7/c1-5-9(2)14(20)16-12(15(21)23-8-11(4)18)6-13(19)22-7-10(3)17/h9,12H,5-8H2,1-4H3,(H,16,20)/t9-,12?/m0/s1. The Kier molecular flexibility index (Phi) is 9.45. The van der Waals surface area contributed by atoms with Crippen LogP contribution in [0.25, 0.3) is 0 Å². The maximum atomic E-state index is 11.9. The van der Waals surface area contributed by atoms with E-state index in [1.165, 1.54) is 13.8 Å². The number of carbonyl (C=O) groups is 5. The summed E-state index contributed by atoms with van der Waals surface area (Å²) in [7, 11) is 0. The van der Waals surface area contributed by atoms with Crippen molar-refractivity contribution in [3.05, 3.63) is 0 Å². The van der Waals surface area contributed by atoms with Crippen LogP contribution in [0.1, 0.15) is 40.5 Å². The highest BCUT2D eigenvalue weighted by Crippen LogP contribution is 2.05. The Hall–Kier alpha value is -2.25. The predicted octanol–water partition coefficient (Wildman–Crippen LogP) is 0.172. The number of hydrogen-bond donors (Lipinski definition) is 1. The lowest BCUT2D eigenvalue weighted by Gasteiger charge is -2.18. The summed E-state index contributed by atoms with van der Waals surface area (Å²) in [4.78, 5) is 57.0. The third kappa shape index (κ3) is 9.38. The molecule has 0 spiro atoms. The summed E-state index contributed by atoms with van der Waals surface area (Å²) in [6.45, 7) is 5.10. The molecule has 0 saturated carbocycles. The first-order valence-electron chi connectivity index (χ1n) is 7.28. The summed E-state index contributed by atoms with van der Waals surface area (Å²) in [5, 5.41) is 2.40. The fraction of sp³-hybridized carbons (Fsp3) is 0.667. The lowest BCUT2D eigenvalue weighted by Crippen LogP contribution is -2.45. The molecule has 0 aromatic carbocycles. The number of rotatable bonds is 10. The summed E-state index contributed by atoms with van der Waals surface area (Å²) in [5.74, 6) is -3.23. The van der Waals surface area contributed by atoms with Gasteiger partial charge in [-0.1, -0.05) is 13.8 Å². The minimum Gasteiger partial charge on any atom is -0.458 e. The van der Waals surface area contributed by atoms with E-state index < -0.39 is 43.5 Å². The Morgan fingerprint density at radius 1 is 0.957 bits per heavy atom. The number of amides is 1. The highest BCUT2D eigenvalue weighted by atomic mass is 16.5. The van der Waals surface area contributed by atoms with Gasteiger partial charge in [-0.2, -0.15) is 0 Å². The van der Waals surface area contributed by atoms with Gasteiger partial charge in [-0.25, -0.2) is 4.79 Å². The van der Waals surface area contributed by atoms with Gasteiger partial charge in [0, 0.05) is 5.92 Å². The van der Waals surface area contributed by atoms with Gasteiger partial charge in [0.05, 0.1) is 6.42 Å². The molecule has 0 bridgehead atoms. The molecule has 8 heteroatoms. The van der Waals surface area contributed by atoms with Crippen molar-refractivity contribution in [2.45, 2.75) is 46.6 Å². The van der Waals surface area contributed by atoms with Crippen LogP contribution in [0.2, 0.25) is 0 Å². The summed E-state index contributed by atoms with van der Waals surface area (Å²) >= 11 is 0. The molecule has 0 saturated heterocycles. The SMILES string of the molecule is CC[C@H](C)C(=O)NC(CC(=O)OCC(C)=O)C(=O)OCC(C)=O. The average molecular weight is 329 g/mol. The number of esters is 2. The van der Waals surface area contributed by atoms with Gasteiger partial charge in [0.25, 0.3) is 0 Å². The molecule has 130 valence electrons. The average Bonchev–Trinajstić information content (AvgIpc) is 2.48. The summed E-state index contributed by atoms with van der Waals surface area (Å²) in [6, 6.07) is -1.27. The van der Waals surface area contributed by atoms with Crippen LogP contribution >= 0.6 is 0 Å². The van der Waals surface area contributed by atoms with Crippen molar-refractivity contribution in [3.8, 4) is 0 Å². The molecule has 0 aromatic heterocycles. The van der Waals surface area contributed by atoms with Gasteiger partial charge in [0.2, 0.25) is 5.91 Å². The first kappa shape index (κ1) is 20.8. The van der Waals surface area contributed by atoms with Crippen LogP contribution in [0.3, 0.4) is 0 Å². The van der Waals surface area contributed by atoms with Gasteiger partial charge in [-0.05, 0) is 20.3 Å². The van der Waals surface area contributed by atoms with E-state index in [2.05, 4.69) is 10.1 Å². The van der Waals surface area contributed by atoms with E-state index in [4.69, 9.17) is 4.74 Å². The molecular formula is C15H23NO7. The van der Waals surface area contributed by atoms with Crippen molar-refractivity contribution in [3.63, 3.8) is 0 Å². The molecule has 0 aliphatic rings. The second-order valence-corrected chi connectivity index (χ2v) is 5.25. The van der Waals surface area contributed by atoms with Crippen molar-refractivity contribution in [2.24, 2.45) is 5.92 Å². The summed E-state index contributed by atoms with van der Waals surface area (Å²) in [6.07, 6.45) is 0.0715. The van der Waals surface area contributed by atoms with Crippen LogP contribution < -0.4 is 5.32 Å². The molecule has 0 aromatic rings. The smallest absolute Gasteiger partial charge is 0.329 e. The van der Waals surface area contributed by atoms with E-state index in [0.717, 1.165) is 0 Å². The van der Waals surface area contributed by atoms with E-state index in [1.54, 1.807) is 13.8 Å². The van der Waals surface area contributed by atoms with Crippen molar-refractivity contribution < 1.29 is 33.4 Å². The van der Waals surface area contributed by atoms with E-state index in [9.17, 15) is 24.0 Å². The molecule has 0 heterocycles. The molecule has 0 fully saturated rings. The topological polar surface area (TPSA) is 116 Å². The van der Waals surface area contributed by atoms with Gasteiger partial charge in [0.1, 0.15) is 19.3 Å². The molecule has 0 aliphatic carbocycles. The second-order valence-electron chi connectivity index (χ2n) is 5.25. The minimum atomic E-state index is -1.27. The molecular weight excluding hydrogens is 306 g/mol. The third-order valence-corrected chi connectivity index (χ3v) is 2.89. The van der Waals surface area contributed by atoms with Crippen molar-refractivity contribution in [2.75, 3.05) is 13.2 Å². The van der Waals surface area contributed by atoms with Crippen LogP contribution in [0.5, 0.6) is 0 Å². The molecule has 2 atom stereocenters. The fourth-order valence-electron chi connectivity index (χ4n) is 1.37. The largest absolute Gasteiger partial charge is 0.458 e. The summed E-state index contributed by atoms with van der Waals surface area (Å²) in [5.41, 5.74) is 0. The van der Waals surface area contributed by atoms with Gasteiger partial charge >= 0.3 is 11.9 Å². The van der Waals surface area contributed by atoms with Crippen LogP contribution in [0, 0.1) is 5.92 Å². The molecule has 1 N–H and O–H groups in total. The van der Waals surface area contributed by atoms with Gasteiger partial charge in [0.15, 0.2) is 11.6 Å². The summed E-state index contributed by atoms with van der Waals surface area (Å²) < 4.78 is 9.39. The molecule has 0 aliphatic heterocycles. The highest BCUT2D eigenvalue weighted by molar-refractivity contribution is 5.90. The molecule has 0 radical (unpaired) electrons. The molecule has 1 unspecified atom stereocenters. The zero-order valence-corrected chi connectivity index (χ0v) is 13.8. The van der Waals surface area contributed by atoms with E-state index in [-0.39, 0.29) is 17.5 Å². The monoisotopic (exact) mass is 329 g/mol. The van der Waals surface area contributed by atoms with Gasteiger partial charge < -0.3 is 14.8 Å². The van der Waals surface area contributed by atoms with Crippen LogP contribution in [-0.2, 0) is 33.4 Å². The number of nitrogens with one attached hydrogen (secondary N) is 1. The number of Topliss-reactive ketones (excluding diaryl/α,β-unsaturated/α-hetero) is 2. The zero-order chi connectivity index (χ0) is 18.0. The molecule has 0 rings (SSSR count). The number of carbonyl (C=O) groups excluding carboxylic acids is 5. The Balaban J connectivity index is 4.80. The fourth-order valence-corrected chi connectivity index (χ4v) is 1.37. The molecule has 23 heavy (non-hydrogen) atoms. The Morgan fingerprint density at radius 3 is 1.96 bits per heavy atom. The van der Waals surface area contributed by atoms with Crippen LogP contribution in [0.4, 0.5) is 0 Å². The third-order valence-electron chi connectivity index (χ3n) is 2.89. The van der Waals surface area contributed by atoms with Crippen molar-refractivity contribution in [1.29, 1.82) is 0 Å². The lowest BCUT2D eigenvalue weighted by molar-refractivity contribution is -0.156. The number of ether oxygens (including phenoxy) is 2. The first-order valence-corrected chi connectivity index (χ1v) is 7.28. The quantitative estimate of drug-likeness (QED) is 0.568. The predicted molar refractivity (Wildman–Crippen MR) is 79.3 cm³/mol. The normalized spacial score (nSPS) is 12.7. The minimum absolute atomic E-state index is 0.349. The Bertz CT molecular complexity index is 472. The van der Waals surface area contributed by atoms with E-state index in [1.807, 2.05) is 0 Å². The van der Waals surface area contributed by atoms with Gasteiger partial charge in [-0.3, -0.25) is 19.2 Å². The maximum Gasteiger partial charge on any atom is 0.329 e. The number of ketones is 2. The Labute approximate surface area is 134 Å². The number of hydrogen-bond acceptors (Lipinski definition) is 7. The zero-order valence-electron chi connectivity index (χ0n) is 13.8. The second kappa shape index (κ2) is 10.5. The highest BCUT2D eigenvalue weighted by Gasteiger charge is 2.27. The maximum absolute atomic E-state index is 11.9. The van der Waals surface area contributed by atoms with E-state index >= 15 is 0 Å². The first-order chi connectivity index (χ1) is 10.7. The van der Waals surface area contributed by atoms with E-state index in [0.29, 0.717) is 6.42 Å². The van der Waals surface area contributed by atoms with Crippen LogP contribution in [0.15, 0.2) is 0 Å². The Morgan fingerprint density at radius 2 is 1.48 bits per heavy atom. The molecule has 1 amide bonds. The molecule has 8 nitrogen and oxygen atoms in total.